The van der Waals surface area contributed by atoms with Crippen LogP contribution in [0.4, 0.5) is 0 Å². The molecule has 0 amide bonds. The van der Waals surface area contributed by atoms with E-state index in [9.17, 15) is 4.57 Å². The van der Waals surface area contributed by atoms with E-state index in [0.717, 1.165) is 0 Å². The zero-order valence-corrected chi connectivity index (χ0v) is 7.54. The zero-order valence-electron chi connectivity index (χ0n) is 3.68. The van der Waals surface area contributed by atoms with Crippen molar-refractivity contribution in [3.05, 3.63) is 0 Å². The van der Waals surface area contributed by atoms with E-state index in [4.69, 9.17) is 0 Å². The van der Waals surface area contributed by atoms with E-state index < -0.39 is 0 Å². The average Bonchev–Trinajstić information content (AvgIpc) is 1.41. The predicted octanol–water partition coefficient (Wildman–Crippen LogP) is 1.23. The molecule has 0 aliphatic rings. The standard InChI is InChI=1S/C2H5O2P.Zn/c1-2-4-5-3;/h2H2,1H3;. The molecule has 6 heavy (non-hydrogen) atoms. The molecule has 0 unspecified atom stereocenters. The zero-order chi connectivity index (χ0) is 4.12. The summed E-state index contributed by atoms with van der Waals surface area (Å²) in [6, 6.07) is 0. The van der Waals surface area contributed by atoms with Crippen molar-refractivity contribution < 1.29 is 28.6 Å². The summed E-state index contributed by atoms with van der Waals surface area (Å²) < 4.78 is 13.5. The van der Waals surface area contributed by atoms with Gasteiger partial charge in [-0.05, 0) is 6.92 Å². The molecule has 0 aliphatic carbocycles. The van der Waals surface area contributed by atoms with E-state index in [1.165, 1.54) is 0 Å². The molecule has 0 fully saturated rings. The fraction of sp³-hybridized carbons (Fsp3) is 1.00. The summed E-state index contributed by atoms with van der Waals surface area (Å²) in [4.78, 5) is 0. The topological polar surface area (TPSA) is 26.3 Å². The molecule has 32 valence electrons. The minimum atomic E-state index is -0.220. The third kappa shape index (κ3) is 8.82. The summed E-state index contributed by atoms with van der Waals surface area (Å²) in [5, 5.41) is 0. The molecule has 0 rings (SSSR count). The third-order valence-corrected chi connectivity index (χ3v) is 0.545. The van der Waals surface area contributed by atoms with Gasteiger partial charge in [-0.25, -0.2) is 4.57 Å². The third-order valence-electron chi connectivity index (χ3n) is 0.182. The van der Waals surface area contributed by atoms with Crippen LogP contribution >= 0.6 is 8.69 Å². The first-order valence-corrected chi connectivity index (χ1v) is 2.09. The van der Waals surface area contributed by atoms with Crippen molar-refractivity contribution in [1.82, 2.24) is 0 Å². The van der Waals surface area contributed by atoms with Crippen LogP contribution in [0, 0.1) is 0 Å². The summed E-state index contributed by atoms with van der Waals surface area (Å²) >= 11 is 0. The monoisotopic (exact) mass is 156 g/mol. The van der Waals surface area contributed by atoms with Crippen molar-refractivity contribution in [3.63, 3.8) is 0 Å². The van der Waals surface area contributed by atoms with E-state index in [1.54, 1.807) is 6.92 Å². The molecule has 0 aromatic carbocycles. The normalized spacial score (nSPS) is 7.50. The summed E-state index contributed by atoms with van der Waals surface area (Å²) in [6.45, 7) is 2.30. The summed E-state index contributed by atoms with van der Waals surface area (Å²) in [5.41, 5.74) is 0. The van der Waals surface area contributed by atoms with Crippen LogP contribution in [0.3, 0.4) is 0 Å². The van der Waals surface area contributed by atoms with Crippen molar-refractivity contribution in [2.45, 2.75) is 6.92 Å². The van der Waals surface area contributed by atoms with Gasteiger partial charge in [0.05, 0.1) is 6.61 Å². The van der Waals surface area contributed by atoms with Crippen LogP contribution in [-0.4, -0.2) is 6.61 Å². The largest absolute Gasteiger partial charge is 0.327 e. The molecule has 4 heteroatoms. The molecule has 0 bridgehead atoms. The van der Waals surface area contributed by atoms with Crippen LogP contribution in [0.2, 0.25) is 0 Å². The van der Waals surface area contributed by atoms with E-state index >= 15 is 0 Å². The SMILES string of the molecule is CCOP=O.[Zn]. The second-order valence-electron chi connectivity index (χ2n) is 0.492. The van der Waals surface area contributed by atoms with Gasteiger partial charge < -0.3 is 0 Å². The van der Waals surface area contributed by atoms with Gasteiger partial charge in [0.1, 0.15) is 0 Å². The van der Waals surface area contributed by atoms with Gasteiger partial charge in [0.15, 0.2) is 0 Å². The van der Waals surface area contributed by atoms with Gasteiger partial charge in [-0.3, -0.25) is 4.52 Å². The molecular weight excluding hydrogens is 152 g/mol. The van der Waals surface area contributed by atoms with Gasteiger partial charge in [0.25, 0.3) is 0 Å². The molecule has 0 saturated carbocycles. The maximum Gasteiger partial charge on any atom is 0.327 e. The van der Waals surface area contributed by atoms with Crippen molar-refractivity contribution in [1.29, 1.82) is 0 Å². The minimum Gasteiger partial charge on any atom is -0.295 e. The Morgan fingerprint density at radius 1 is 1.83 bits per heavy atom. The van der Waals surface area contributed by atoms with Gasteiger partial charge in [-0.1, -0.05) is 0 Å². The fourth-order valence-electron chi connectivity index (χ4n) is 0.0527. The Morgan fingerprint density at radius 3 is 2.33 bits per heavy atom. The van der Waals surface area contributed by atoms with Gasteiger partial charge in [-0.2, -0.15) is 0 Å². The molecule has 0 spiro atoms. The van der Waals surface area contributed by atoms with E-state index in [2.05, 4.69) is 4.52 Å². The van der Waals surface area contributed by atoms with Crippen LogP contribution in [0.1, 0.15) is 6.92 Å². The molecular formula is C2H5O2PZn. The molecule has 2 nitrogen and oxygen atoms in total. The Labute approximate surface area is 51.3 Å². The maximum absolute atomic E-state index is 9.28. The Balaban J connectivity index is 0. The number of hydrogen-bond acceptors (Lipinski definition) is 2. The van der Waals surface area contributed by atoms with E-state index in [1.807, 2.05) is 0 Å². The Bertz CT molecular complexity index is 32.7. The molecule has 0 N–H and O–H groups in total. The van der Waals surface area contributed by atoms with Gasteiger partial charge in [0, 0.05) is 19.5 Å². The van der Waals surface area contributed by atoms with Crippen LogP contribution in [0.25, 0.3) is 0 Å². The Morgan fingerprint density at radius 2 is 2.33 bits per heavy atom. The van der Waals surface area contributed by atoms with Crippen molar-refractivity contribution in [2.75, 3.05) is 6.61 Å². The van der Waals surface area contributed by atoms with Gasteiger partial charge in [-0.15, -0.1) is 0 Å². The second-order valence-corrected chi connectivity index (χ2v) is 0.900. The van der Waals surface area contributed by atoms with Gasteiger partial charge in [0.2, 0.25) is 0 Å². The molecule has 0 aliphatic heterocycles. The van der Waals surface area contributed by atoms with Crippen molar-refractivity contribution in [2.24, 2.45) is 0 Å². The number of rotatable bonds is 2. The van der Waals surface area contributed by atoms with E-state index in [-0.39, 0.29) is 28.2 Å². The van der Waals surface area contributed by atoms with Crippen molar-refractivity contribution >= 4 is 8.69 Å². The summed E-state index contributed by atoms with van der Waals surface area (Å²) in [6.07, 6.45) is 0. The summed E-state index contributed by atoms with van der Waals surface area (Å²) in [7, 11) is -0.220. The minimum absolute atomic E-state index is 0. The van der Waals surface area contributed by atoms with Crippen LogP contribution < -0.4 is 0 Å². The quantitative estimate of drug-likeness (QED) is 0.445. The smallest absolute Gasteiger partial charge is 0.295 e. The first-order chi connectivity index (χ1) is 2.41. The first-order valence-electron chi connectivity index (χ1n) is 1.36. The molecule has 0 atom stereocenters. The van der Waals surface area contributed by atoms with Crippen LogP contribution in [0.5, 0.6) is 0 Å². The molecule has 0 aromatic rings. The first kappa shape index (κ1) is 9.84. The Hall–Kier alpha value is 0.683. The Kier molecular flexibility index (Phi) is 15.1. The van der Waals surface area contributed by atoms with E-state index in [0.29, 0.717) is 6.61 Å². The molecule has 0 aromatic heterocycles. The van der Waals surface area contributed by atoms with Crippen LogP contribution in [0.15, 0.2) is 0 Å². The average molecular weight is 157 g/mol. The molecule has 0 heterocycles. The van der Waals surface area contributed by atoms with Gasteiger partial charge >= 0.3 is 8.69 Å². The second kappa shape index (κ2) is 9.19. The maximum atomic E-state index is 9.28. The molecule has 0 saturated heterocycles. The molecule has 0 radical (unpaired) electrons. The predicted molar refractivity (Wildman–Crippen MR) is 19.2 cm³/mol. The van der Waals surface area contributed by atoms with Crippen LogP contribution in [-0.2, 0) is 28.6 Å². The fourth-order valence-corrected chi connectivity index (χ4v) is 0.158. The summed E-state index contributed by atoms with van der Waals surface area (Å²) in [5.74, 6) is 0. The van der Waals surface area contributed by atoms with Crippen molar-refractivity contribution in [3.8, 4) is 0 Å². The number of hydrogen-bond donors (Lipinski definition) is 0.